The highest BCUT2D eigenvalue weighted by atomic mass is 79.9. The van der Waals surface area contributed by atoms with Crippen molar-refractivity contribution in [1.29, 1.82) is 0 Å². The van der Waals surface area contributed by atoms with Gasteiger partial charge in [0, 0.05) is 11.6 Å². The summed E-state index contributed by atoms with van der Waals surface area (Å²) >= 11 is 6.75. The normalized spacial score (nSPS) is 10.9. The Labute approximate surface area is 124 Å². The first-order valence-electron chi connectivity index (χ1n) is 5.84. The highest BCUT2D eigenvalue weighted by Crippen LogP contribution is 2.21. The second-order valence-corrected chi connectivity index (χ2v) is 6.26. The summed E-state index contributed by atoms with van der Waals surface area (Å²) in [6.45, 7) is 4.45. The van der Waals surface area contributed by atoms with Gasteiger partial charge in [0.15, 0.2) is 5.82 Å². The van der Waals surface area contributed by atoms with Gasteiger partial charge in [-0.1, -0.05) is 38.1 Å². The molecule has 4 heteroatoms. The maximum atomic E-state index is 4.37. The molecule has 0 amide bonds. The van der Waals surface area contributed by atoms with Crippen molar-refractivity contribution in [2.24, 2.45) is 5.92 Å². The molecule has 0 bridgehead atoms. The predicted octanol–water partition coefficient (Wildman–Crippen LogP) is 4.87. The Morgan fingerprint density at radius 1 is 1.00 bits per heavy atom. The number of hydrogen-bond donors (Lipinski definition) is 0. The Hall–Kier alpha value is -0.740. The number of nitrogens with zero attached hydrogens (tertiary/aromatic N) is 2. The average Bonchev–Trinajstić information content (AvgIpc) is 2.27. The van der Waals surface area contributed by atoms with E-state index in [4.69, 9.17) is 0 Å². The molecular formula is C14H14Br2N2. The minimum Gasteiger partial charge on any atom is -0.221 e. The van der Waals surface area contributed by atoms with Crippen LogP contribution in [0.1, 0.15) is 19.4 Å². The summed E-state index contributed by atoms with van der Waals surface area (Å²) in [5.74, 6) is 1.40. The fourth-order valence-corrected chi connectivity index (χ4v) is 2.86. The van der Waals surface area contributed by atoms with E-state index in [-0.39, 0.29) is 0 Å². The summed E-state index contributed by atoms with van der Waals surface area (Å²) in [4.78, 5) is 8.74. The second kappa shape index (κ2) is 5.93. The van der Waals surface area contributed by atoms with E-state index >= 15 is 0 Å². The highest BCUT2D eigenvalue weighted by Gasteiger charge is 2.05. The molecule has 94 valence electrons. The maximum Gasteiger partial charge on any atom is 0.161 e. The Bertz CT molecular complexity index is 516. The van der Waals surface area contributed by atoms with Gasteiger partial charge in [-0.25, -0.2) is 9.97 Å². The van der Waals surface area contributed by atoms with Gasteiger partial charge >= 0.3 is 0 Å². The summed E-state index contributed by atoms with van der Waals surface area (Å²) in [7, 11) is 0. The van der Waals surface area contributed by atoms with Gasteiger partial charge in [0.05, 0.1) is 0 Å². The van der Waals surface area contributed by atoms with E-state index in [1.807, 2.05) is 6.07 Å². The number of rotatable bonds is 3. The largest absolute Gasteiger partial charge is 0.221 e. The standard InChI is InChI=1S/C14H14Br2N2/c1-9(2)7-10-3-5-11(6-4-10)14-17-12(15)8-13(16)18-14/h3-6,8-9H,7H2,1-2H3. The van der Waals surface area contributed by atoms with Crippen LogP contribution in [0.25, 0.3) is 11.4 Å². The molecule has 2 rings (SSSR count). The zero-order valence-corrected chi connectivity index (χ0v) is 13.5. The molecule has 0 spiro atoms. The molecule has 1 heterocycles. The van der Waals surface area contributed by atoms with Gasteiger partial charge in [0.2, 0.25) is 0 Å². The molecule has 1 aromatic carbocycles. The molecule has 2 aromatic rings. The molecular weight excluding hydrogens is 356 g/mol. The van der Waals surface area contributed by atoms with E-state index < -0.39 is 0 Å². The first-order valence-corrected chi connectivity index (χ1v) is 7.42. The highest BCUT2D eigenvalue weighted by molar-refractivity contribution is 9.11. The smallest absolute Gasteiger partial charge is 0.161 e. The molecule has 0 aliphatic rings. The van der Waals surface area contributed by atoms with Crippen molar-refractivity contribution in [1.82, 2.24) is 9.97 Å². The van der Waals surface area contributed by atoms with Gasteiger partial charge < -0.3 is 0 Å². The van der Waals surface area contributed by atoms with E-state index in [9.17, 15) is 0 Å². The van der Waals surface area contributed by atoms with Crippen LogP contribution in [-0.2, 0) is 6.42 Å². The van der Waals surface area contributed by atoms with Crippen molar-refractivity contribution in [3.63, 3.8) is 0 Å². The average molecular weight is 370 g/mol. The van der Waals surface area contributed by atoms with Crippen LogP contribution in [0.4, 0.5) is 0 Å². The number of hydrogen-bond acceptors (Lipinski definition) is 2. The van der Waals surface area contributed by atoms with Crippen LogP contribution >= 0.6 is 31.9 Å². The number of aromatic nitrogens is 2. The fraction of sp³-hybridized carbons (Fsp3) is 0.286. The lowest BCUT2D eigenvalue weighted by Crippen LogP contribution is -1.94. The molecule has 0 radical (unpaired) electrons. The van der Waals surface area contributed by atoms with Gasteiger partial charge in [-0.2, -0.15) is 0 Å². The van der Waals surface area contributed by atoms with Gasteiger partial charge in [-0.3, -0.25) is 0 Å². The molecule has 0 saturated heterocycles. The monoisotopic (exact) mass is 368 g/mol. The number of benzene rings is 1. The van der Waals surface area contributed by atoms with Crippen molar-refractivity contribution in [3.05, 3.63) is 45.1 Å². The second-order valence-electron chi connectivity index (χ2n) is 4.63. The Morgan fingerprint density at radius 3 is 2.06 bits per heavy atom. The summed E-state index contributed by atoms with van der Waals surface area (Å²) in [6.07, 6.45) is 1.10. The molecule has 0 atom stereocenters. The predicted molar refractivity (Wildman–Crippen MR) is 81.4 cm³/mol. The summed E-state index contributed by atoms with van der Waals surface area (Å²) < 4.78 is 1.57. The van der Waals surface area contributed by atoms with Crippen molar-refractivity contribution in [2.75, 3.05) is 0 Å². The van der Waals surface area contributed by atoms with E-state index in [0.717, 1.165) is 27.0 Å². The fourth-order valence-electron chi connectivity index (χ4n) is 1.78. The molecule has 2 nitrogen and oxygen atoms in total. The molecule has 0 aliphatic heterocycles. The SMILES string of the molecule is CC(C)Cc1ccc(-c2nc(Br)cc(Br)n2)cc1. The third-order valence-corrected chi connectivity index (χ3v) is 3.33. The van der Waals surface area contributed by atoms with Crippen LogP contribution < -0.4 is 0 Å². The summed E-state index contributed by atoms with van der Waals surface area (Å²) in [5.41, 5.74) is 2.38. The lowest BCUT2D eigenvalue weighted by Gasteiger charge is -2.06. The van der Waals surface area contributed by atoms with Crippen LogP contribution in [0.15, 0.2) is 39.5 Å². The van der Waals surface area contributed by atoms with E-state index in [2.05, 4.69) is 79.9 Å². The van der Waals surface area contributed by atoms with Gasteiger partial charge in [-0.15, -0.1) is 0 Å². The molecule has 0 fully saturated rings. The van der Waals surface area contributed by atoms with Gasteiger partial charge in [-0.05, 0) is 49.8 Å². The number of halogens is 2. The van der Waals surface area contributed by atoms with Gasteiger partial charge in [0.1, 0.15) is 9.21 Å². The molecule has 0 saturated carbocycles. The Balaban J connectivity index is 2.28. The third-order valence-electron chi connectivity index (χ3n) is 2.52. The lowest BCUT2D eigenvalue weighted by atomic mass is 10.0. The van der Waals surface area contributed by atoms with Crippen LogP contribution in [0.3, 0.4) is 0 Å². The van der Waals surface area contributed by atoms with Crippen LogP contribution in [-0.4, -0.2) is 9.97 Å². The first-order chi connectivity index (χ1) is 8.54. The van der Waals surface area contributed by atoms with Crippen LogP contribution in [0, 0.1) is 5.92 Å². The van der Waals surface area contributed by atoms with E-state index in [1.54, 1.807) is 0 Å². The minimum absolute atomic E-state index is 0.673. The first kappa shape index (κ1) is 13.7. The minimum atomic E-state index is 0.673. The van der Waals surface area contributed by atoms with Crippen molar-refractivity contribution < 1.29 is 0 Å². The zero-order chi connectivity index (χ0) is 13.1. The van der Waals surface area contributed by atoms with Crippen molar-refractivity contribution in [2.45, 2.75) is 20.3 Å². The topological polar surface area (TPSA) is 25.8 Å². The third kappa shape index (κ3) is 3.62. The molecule has 0 N–H and O–H groups in total. The maximum absolute atomic E-state index is 4.37. The van der Waals surface area contributed by atoms with Crippen molar-refractivity contribution >= 4 is 31.9 Å². The zero-order valence-electron chi connectivity index (χ0n) is 10.3. The molecule has 0 unspecified atom stereocenters. The molecule has 18 heavy (non-hydrogen) atoms. The van der Waals surface area contributed by atoms with Crippen molar-refractivity contribution in [3.8, 4) is 11.4 Å². The quantitative estimate of drug-likeness (QED) is 0.721. The van der Waals surface area contributed by atoms with E-state index in [1.165, 1.54) is 5.56 Å². The Morgan fingerprint density at radius 2 is 1.56 bits per heavy atom. The molecule has 1 aromatic heterocycles. The van der Waals surface area contributed by atoms with E-state index in [0.29, 0.717) is 5.92 Å². The van der Waals surface area contributed by atoms with Crippen LogP contribution in [0.5, 0.6) is 0 Å². The lowest BCUT2D eigenvalue weighted by molar-refractivity contribution is 0.647. The summed E-state index contributed by atoms with van der Waals surface area (Å²) in [5, 5.41) is 0. The molecule has 0 aliphatic carbocycles. The van der Waals surface area contributed by atoms with Crippen LogP contribution in [0.2, 0.25) is 0 Å². The Kier molecular flexibility index (Phi) is 4.51. The summed E-state index contributed by atoms with van der Waals surface area (Å²) in [6, 6.07) is 10.3. The van der Waals surface area contributed by atoms with Gasteiger partial charge in [0.25, 0.3) is 0 Å².